The first kappa shape index (κ1) is 13.5. The minimum absolute atomic E-state index is 0.00823. The largest absolute Gasteiger partial charge is 0.347 e. The molecule has 19 heavy (non-hydrogen) atoms. The van der Waals surface area contributed by atoms with Gasteiger partial charge in [-0.25, -0.2) is 0 Å². The predicted molar refractivity (Wildman–Crippen MR) is 78.8 cm³/mol. The average molecular weight is 273 g/mol. The number of nitrogens with one attached hydrogen (secondary N) is 1. The number of rotatable bonds is 4. The zero-order chi connectivity index (χ0) is 14.0. The molecule has 3 nitrogen and oxygen atoms in total. The van der Waals surface area contributed by atoms with E-state index < -0.39 is 0 Å². The fourth-order valence-electron chi connectivity index (χ4n) is 2.01. The van der Waals surface area contributed by atoms with E-state index in [0.717, 1.165) is 16.3 Å². The van der Waals surface area contributed by atoms with E-state index in [1.54, 1.807) is 0 Å². The van der Waals surface area contributed by atoms with Gasteiger partial charge in [-0.3, -0.25) is 9.59 Å². The molecule has 1 N–H and O–H groups in total. The molecular weight excluding hydrogens is 258 g/mol. The van der Waals surface area contributed by atoms with Crippen LogP contribution in [0.1, 0.15) is 39.4 Å². The van der Waals surface area contributed by atoms with Gasteiger partial charge in [-0.05, 0) is 38.5 Å². The first-order chi connectivity index (χ1) is 9.00. The Hall–Kier alpha value is -1.94. The van der Waals surface area contributed by atoms with Gasteiger partial charge in [-0.2, -0.15) is 0 Å². The summed E-state index contributed by atoms with van der Waals surface area (Å²) in [6.45, 7) is 4.87. The van der Waals surface area contributed by atoms with Gasteiger partial charge in [0.2, 0.25) is 0 Å². The van der Waals surface area contributed by atoms with Crippen LogP contribution in [-0.4, -0.2) is 11.6 Å². The fourth-order valence-corrected chi connectivity index (χ4v) is 3.18. The zero-order valence-electron chi connectivity index (χ0n) is 11.1. The third-order valence-electron chi connectivity index (χ3n) is 2.85. The molecule has 98 valence electrons. The van der Waals surface area contributed by atoms with Crippen LogP contribution < -0.4 is 5.32 Å². The zero-order valence-corrected chi connectivity index (χ0v) is 11.9. The number of benzene rings is 1. The maximum atomic E-state index is 11.8. The lowest BCUT2D eigenvalue weighted by Crippen LogP contribution is -1.99. The molecule has 1 aromatic heterocycles. The topological polar surface area (TPSA) is 46.2 Å². The molecule has 0 spiro atoms. The van der Waals surface area contributed by atoms with Crippen LogP contribution >= 0.6 is 11.3 Å². The second kappa shape index (κ2) is 5.36. The number of ketones is 2. The van der Waals surface area contributed by atoms with Crippen molar-refractivity contribution in [1.82, 2.24) is 0 Å². The molecule has 2 rings (SSSR count). The maximum absolute atomic E-state index is 11.8. The summed E-state index contributed by atoms with van der Waals surface area (Å²) in [7, 11) is 0. The second-order valence-electron chi connectivity index (χ2n) is 4.36. The van der Waals surface area contributed by atoms with Crippen molar-refractivity contribution in [2.45, 2.75) is 20.8 Å². The number of hydrogen-bond donors (Lipinski definition) is 1. The Kier molecular flexibility index (Phi) is 3.81. The van der Waals surface area contributed by atoms with Crippen LogP contribution in [0, 0.1) is 6.92 Å². The summed E-state index contributed by atoms with van der Waals surface area (Å²) < 4.78 is 0. The molecule has 0 aliphatic carbocycles. The lowest BCUT2D eigenvalue weighted by molar-refractivity contribution is 0.101. The molecule has 0 bridgehead atoms. The molecule has 0 aliphatic rings. The van der Waals surface area contributed by atoms with Crippen LogP contribution in [0.15, 0.2) is 30.3 Å². The van der Waals surface area contributed by atoms with E-state index >= 15 is 0 Å². The number of hydrogen-bond acceptors (Lipinski definition) is 4. The number of carbonyl (C=O) groups excluding carboxylic acids is 2. The summed E-state index contributed by atoms with van der Waals surface area (Å²) in [5.74, 6) is -0.0363. The monoisotopic (exact) mass is 273 g/mol. The van der Waals surface area contributed by atoms with Gasteiger partial charge in [-0.15, -0.1) is 11.3 Å². The van der Waals surface area contributed by atoms with Gasteiger partial charge >= 0.3 is 0 Å². The van der Waals surface area contributed by atoms with Crippen molar-refractivity contribution >= 4 is 33.6 Å². The van der Waals surface area contributed by atoms with Crippen molar-refractivity contribution < 1.29 is 9.59 Å². The predicted octanol–water partition coefficient (Wildman–Crippen LogP) is 4.21. The van der Waals surface area contributed by atoms with E-state index in [9.17, 15) is 9.59 Å². The first-order valence-electron chi connectivity index (χ1n) is 5.98. The van der Waals surface area contributed by atoms with Crippen LogP contribution in [-0.2, 0) is 0 Å². The van der Waals surface area contributed by atoms with Crippen LogP contribution in [0.5, 0.6) is 0 Å². The van der Waals surface area contributed by atoms with Crippen LogP contribution in [0.3, 0.4) is 0 Å². The van der Waals surface area contributed by atoms with Crippen molar-refractivity contribution in [3.05, 3.63) is 46.3 Å². The molecular formula is C15H15NO2S. The van der Waals surface area contributed by atoms with E-state index in [4.69, 9.17) is 0 Å². The Morgan fingerprint density at radius 3 is 2.21 bits per heavy atom. The van der Waals surface area contributed by atoms with Crippen LogP contribution in [0.2, 0.25) is 0 Å². The van der Waals surface area contributed by atoms with E-state index in [0.29, 0.717) is 10.4 Å². The molecule has 0 saturated heterocycles. The summed E-state index contributed by atoms with van der Waals surface area (Å²) in [5, 5.41) is 3.95. The van der Waals surface area contributed by atoms with Gasteiger partial charge in [-0.1, -0.05) is 18.2 Å². The molecule has 0 saturated carbocycles. The SMILES string of the molecule is CC(=O)c1sc(Nc2ccccc2)c(C(C)=O)c1C. The number of thiophene rings is 1. The van der Waals surface area contributed by atoms with E-state index in [1.807, 2.05) is 37.3 Å². The standard InChI is InChI=1S/C15H15NO2S/c1-9-13(10(2)17)15(19-14(9)11(3)18)16-12-7-5-4-6-8-12/h4-8,16H,1-3H3. The van der Waals surface area contributed by atoms with Crippen molar-refractivity contribution in [1.29, 1.82) is 0 Å². The molecule has 0 radical (unpaired) electrons. The normalized spacial score (nSPS) is 10.3. The lowest BCUT2D eigenvalue weighted by atomic mass is 10.1. The van der Waals surface area contributed by atoms with E-state index in [1.165, 1.54) is 25.2 Å². The quantitative estimate of drug-likeness (QED) is 0.849. The Morgan fingerprint density at radius 2 is 1.68 bits per heavy atom. The summed E-state index contributed by atoms with van der Waals surface area (Å²) in [4.78, 5) is 24.0. The van der Waals surface area contributed by atoms with Gasteiger partial charge in [0, 0.05) is 5.69 Å². The van der Waals surface area contributed by atoms with Crippen molar-refractivity contribution in [2.24, 2.45) is 0 Å². The smallest absolute Gasteiger partial charge is 0.170 e. The summed E-state index contributed by atoms with van der Waals surface area (Å²) >= 11 is 1.34. The summed E-state index contributed by atoms with van der Waals surface area (Å²) in [6, 6.07) is 9.61. The van der Waals surface area contributed by atoms with Crippen LogP contribution in [0.4, 0.5) is 10.7 Å². The molecule has 0 atom stereocenters. The molecule has 0 unspecified atom stereocenters. The van der Waals surface area contributed by atoms with E-state index in [-0.39, 0.29) is 11.6 Å². The Morgan fingerprint density at radius 1 is 1.05 bits per heavy atom. The maximum Gasteiger partial charge on any atom is 0.170 e. The highest BCUT2D eigenvalue weighted by Gasteiger charge is 2.20. The summed E-state index contributed by atoms with van der Waals surface area (Å²) in [6.07, 6.45) is 0. The molecule has 4 heteroatoms. The third kappa shape index (κ3) is 2.74. The van der Waals surface area contributed by atoms with Gasteiger partial charge in [0.15, 0.2) is 11.6 Å². The van der Waals surface area contributed by atoms with Gasteiger partial charge < -0.3 is 5.32 Å². The molecule has 0 amide bonds. The third-order valence-corrected chi connectivity index (χ3v) is 4.16. The minimum Gasteiger partial charge on any atom is -0.347 e. The number of para-hydroxylation sites is 1. The van der Waals surface area contributed by atoms with Gasteiger partial charge in [0.1, 0.15) is 5.00 Å². The van der Waals surface area contributed by atoms with Crippen molar-refractivity contribution in [3.63, 3.8) is 0 Å². The van der Waals surface area contributed by atoms with E-state index in [2.05, 4.69) is 5.32 Å². The first-order valence-corrected chi connectivity index (χ1v) is 6.79. The Balaban J connectivity index is 2.48. The Labute approximate surface area is 116 Å². The minimum atomic E-state index is -0.0281. The van der Waals surface area contributed by atoms with Crippen molar-refractivity contribution in [3.8, 4) is 0 Å². The fraction of sp³-hybridized carbons (Fsp3) is 0.200. The molecule has 1 aromatic carbocycles. The average Bonchev–Trinajstić information content (AvgIpc) is 2.67. The van der Waals surface area contributed by atoms with Gasteiger partial charge in [0.25, 0.3) is 0 Å². The lowest BCUT2D eigenvalue weighted by Gasteiger charge is -2.05. The molecule has 0 aliphatic heterocycles. The highest BCUT2D eigenvalue weighted by molar-refractivity contribution is 7.18. The van der Waals surface area contributed by atoms with Gasteiger partial charge in [0.05, 0.1) is 10.4 Å². The highest BCUT2D eigenvalue weighted by Crippen LogP contribution is 2.35. The Bertz CT molecular complexity index is 629. The number of carbonyl (C=O) groups is 2. The molecule has 1 heterocycles. The molecule has 0 fully saturated rings. The second-order valence-corrected chi connectivity index (χ2v) is 5.38. The highest BCUT2D eigenvalue weighted by atomic mass is 32.1. The molecule has 2 aromatic rings. The summed E-state index contributed by atoms with van der Waals surface area (Å²) in [5.41, 5.74) is 2.28. The number of Topliss-reactive ketones (excluding diaryl/α,β-unsaturated/α-hetero) is 2. The van der Waals surface area contributed by atoms with Crippen molar-refractivity contribution in [2.75, 3.05) is 5.32 Å². The van der Waals surface area contributed by atoms with Crippen LogP contribution in [0.25, 0.3) is 0 Å². The number of anilines is 2.